The zero-order valence-corrected chi connectivity index (χ0v) is 11.3. The highest BCUT2D eigenvalue weighted by atomic mass is 16.6. The fourth-order valence-corrected chi connectivity index (χ4v) is 2.95. The molecule has 1 aromatic carbocycles. The molecule has 1 fully saturated rings. The molecular formula is C14H21N3O2. The van der Waals surface area contributed by atoms with E-state index in [1.165, 1.54) is 6.42 Å². The molecule has 2 rings (SSSR count). The lowest BCUT2D eigenvalue weighted by molar-refractivity contribution is -0.385. The Kier molecular flexibility index (Phi) is 4.50. The van der Waals surface area contributed by atoms with E-state index < -0.39 is 0 Å². The summed E-state index contributed by atoms with van der Waals surface area (Å²) in [7, 11) is 0. The molecule has 0 amide bonds. The number of piperidine rings is 1. The number of rotatable bonds is 4. The Morgan fingerprint density at radius 2 is 2.21 bits per heavy atom. The van der Waals surface area contributed by atoms with Gasteiger partial charge in [0.1, 0.15) is 0 Å². The molecule has 104 valence electrons. The minimum atomic E-state index is -0.305. The van der Waals surface area contributed by atoms with Crippen molar-refractivity contribution in [2.24, 2.45) is 11.7 Å². The van der Waals surface area contributed by atoms with E-state index in [2.05, 4.69) is 11.8 Å². The van der Waals surface area contributed by atoms with Crippen molar-refractivity contribution in [3.63, 3.8) is 0 Å². The van der Waals surface area contributed by atoms with E-state index in [-0.39, 0.29) is 10.6 Å². The number of nitrogens with two attached hydrogens (primary N) is 1. The number of hydrogen-bond acceptors (Lipinski definition) is 4. The van der Waals surface area contributed by atoms with E-state index in [4.69, 9.17) is 5.73 Å². The maximum Gasteiger partial charge on any atom is 0.273 e. The summed E-state index contributed by atoms with van der Waals surface area (Å²) in [5, 5.41) is 11.0. The monoisotopic (exact) mass is 263 g/mol. The number of hydrogen-bond donors (Lipinski definition) is 1. The molecule has 0 aromatic heterocycles. The van der Waals surface area contributed by atoms with Gasteiger partial charge in [-0.15, -0.1) is 0 Å². The number of para-hydroxylation sites is 1. The highest BCUT2D eigenvalue weighted by Crippen LogP contribution is 2.27. The topological polar surface area (TPSA) is 72.4 Å². The largest absolute Gasteiger partial charge is 0.329 e. The third kappa shape index (κ3) is 3.11. The van der Waals surface area contributed by atoms with Crippen molar-refractivity contribution in [2.45, 2.75) is 32.4 Å². The Bertz CT molecular complexity index is 450. The number of likely N-dealkylation sites (tertiary alicyclic amines) is 1. The van der Waals surface area contributed by atoms with Crippen molar-refractivity contribution < 1.29 is 4.92 Å². The Balaban J connectivity index is 2.18. The quantitative estimate of drug-likeness (QED) is 0.667. The zero-order valence-electron chi connectivity index (χ0n) is 11.3. The molecule has 1 heterocycles. The summed E-state index contributed by atoms with van der Waals surface area (Å²) in [4.78, 5) is 13.0. The van der Waals surface area contributed by atoms with Gasteiger partial charge in [-0.1, -0.05) is 25.1 Å². The van der Waals surface area contributed by atoms with E-state index in [9.17, 15) is 10.1 Å². The van der Waals surface area contributed by atoms with Gasteiger partial charge in [-0.25, -0.2) is 0 Å². The van der Waals surface area contributed by atoms with Crippen molar-refractivity contribution in [3.05, 3.63) is 39.9 Å². The van der Waals surface area contributed by atoms with Crippen molar-refractivity contribution in [1.29, 1.82) is 0 Å². The Labute approximate surface area is 113 Å². The van der Waals surface area contributed by atoms with Gasteiger partial charge in [0.15, 0.2) is 0 Å². The molecule has 0 radical (unpaired) electrons. The summed E-state index contributed by atoms with van der Waals surface area (Å²) >= 11 is 0. The second-order valence-electron chi connectivity index (χ2n) is 5.28. The first-order valence-electron chi connectivity index (χ1n) is 6.80. The van der Waals surface area contributed by atoms with Crippen LogP contribution in [0.2, 0.25) is 0 Å². The molecule has 5 heteroatoms. The van der Waals surface area contributed by atoms with Gasteiger partial charge < -0.3 is 5.73 Å². The average Bonchev–Trinajstić information content (AvgIpc) is 2.39. The molecule has 1 aliphatic heterocycles. The van der Waals surface area contributed by atoms with Gasteiger partial charge in [-0.3, -0.25) is 15.0 Å². The summed E-state index contributed by atoms with van der Waals surface area (Å²) in [6, 6.07) is 7.30. The standard InChI is InChI=1S/C14H21N3O2/c1-11-5-4-8-16(14(11)9-15)10-12-6-2-3-7-13(12)17(18)19/h2-3,6-7,11,14H,4-5,8-10,15H2,1H3. The number of nitro groups is 1. The van der Waals surface area contributed by atoms with Crippen LogP contribution in [0.3, 0.4) is 0 Å². The van der Waals surface area contributed by atoms with Gasteiger partial charge in [0, 0.05) is 30.8 Å². The maximum absolute atomic E-state index is 11.0. The second-order valence-corrected chi connectivity index (χ2v) is 5.28. The maximum atomic E-state index is 11.0. The van der Waals surface area contributed by atoms with Crippen LogP contribution in [0.4, 0.5) is 5.69 Å². The lowest BCUT2D eigenvalue weighted by atomic mass is 9.90. The van der Waals surface area contributed by atoms with Crippen molar-refractivity contribution in [1.82, 2.24) is 4.90 Å². The molecule has 2 atom stereocenters. The van der Waals surface area contributed by atoms with Gasteiger partial charge in [-0.2, -0.15) is 0 Å². The van der Waals surface area contributed by atoms with E-state index in [0.29, 0.717) is 25.0 Å². The van der Waals surface area contributed by atoms with Crippen LogP contribution in [0.15, 0.2) is 24.3 Å². The number of nitro benzene ring substituents is 1. The fourth-order valence-electron chi connectivity index (χ4n) is 2.95. The average molecular weight is 263 g/mol. The molecule has 2 unspecified atom stereocenters. The van der Waals surface area contributed by atoms with E-state index in [1.54, 1.807) is 12.1 Å². The second kappa shape index (κ2) is 6.12. The smallest absolute Gasteiger partial charge is 0.273 e. The first-order valence-corrected chi connectivity index (χ1v) is 6.80. The van der Waals surface area contributed by atoms with E-state index in [1.807, 2.05) is 12.1 Å². The molecule has 0 saturated carbocycles. The van der Waals surface area contributed by atoms with Gasteiger partial charge in [0.2, 0.25) is 0 Å². The zero-order chi connectivity index (χ0) is 13.8. The molecule has 1 saturated heterocycles. The third-order valence-corrected chi connectivity index (χ3v) is 4.03. The normalized spacial score (nSPS) is 24.3. The van der Waals surface area contributed by atoms with Gasteiger partial charge >= 0.3 is 0 Å². The summed E-state index contributed by atoms with van der Waals surface area (Å²) < 4.78 is 0. The van der Waals surface area contributed by atoms with Crippen LogP contribution >= 0.6 is 0 Å². The summed E-state index contributed by atoms with van der Waals surface area (Å²) in [6.07, 6.45) is 2.33. The lowest BCUT2D eigenvalue weighted by Gasteiger charge is -2.39. The third-order valence-electron chi connectivity index (χ3n) is 4.03. The molecule has 1 aromatic rings. The van der Waals surface area contributed by atoms with Gasteiger partial charge in [0.25, 0.3) is 5.69 Å². The molecule has 0 bridgehead atoms. The molecule has 19 heavy (non-hydrogen) atoms. The van der Waals surface area contributed by atoms with Crippen LogP contribution in [0.1, 0.15) is 25.3 Å². The van der Waals surface area contributed by atoms with Gasteiger partial charge in [0.05, 0.1) is 4.92 Å². The fraction of sp³-hybridized carbons (Fsp3) is 0.571. The van der Waals surface area contributed by atoms with Crippen LogP contribution in [0, 0.1) is 16.0 Å². The minimum Gasteiger partial charge on any atom is -0.329 e. The molecule has 2 N–H and O–H groups in total. The first-order chi connectivity index (χ1) is 9.13. The van der Waals surface area contributed by atoms with Crippen molar-refractivity contribution in [2.75, 3.05) is 13.1 Å². The Morgan fingerprint density at radius 3 is 2.89 bits per heavy atom. The minimum absolute atomic E-state index is 0.205. The number of nitrogens with zero attached hydrogens (tertiary/aromatic N) is 2. The van der Waals surface area contributed by atoms with Crippen LogP contribution in [-0.2, 0) is 6.54 Å². The molecule has 0 aliphatic carbocycles. The van der Waals surface area contributed by atoms with E-state index >= 15 is 0 Å². The van der Waals surface area contributed by atoms with E-state index in [0.717, 1.165) is 18.5 Å². The predicted molar refractivity (Wildman–Crippen MR) is 74.7 cm³/mol. The highest BCUT2D eigenvalue weighted by Gasteiger charge is 2.28. The van der Waals surface area contributed by atoms with Crippen molar-refractivity contribution in [3.8, 4) is 0 Å². The van der Waals surface area contributed by atoms with Crippen LogP contribution in [-0.4, -0.2) is 29.0 Å². The molecule has 5 nitrogen and oxygen atoms in total. The lowest BCUT2D eigenvalue weighted by Crippen LogP contribution is -2.48. The van der Waals surface area contributed by atoms with Crippen molar-refractivity contribution >= 4 is 5.69 Å². The van der Waals surface area contributed by atoms with Gasteiger partial charge in [-0.05, 0) is 25.3 Å². The molecular weight excluding hydrogens is 242 g/mol. The van der Waals surface area contributed by atoms with Crippen LogP contribution in [0.5, 0.6) is 0 Å². The highest BCUT2D eigenvalue weighted by molar-refractivity contribution is 5.39. The summed E-state index contributed by atoms with van der Waals surface area (Å²) in [5.74, 6) is 0.557. The number of benzene rings is 1. The molecule has 0 spiro atoms. The Hall–Kier alpha value is -1.46. The molecule has 1 aliphatic rings. The SMILES string of the molecule is CC1CCCN(Cc2ccccc2[N+](=O)[O-])C1CN. The predicted octanol–water partition coefficient (Wildman–Crippen LogP) is 2.15. The van der Waals surface area contributed by atoms with Crippen LogP contribution in [0.25, 0.3) is 0 Å². The summed E-state index contributed by atoms with van der Waals surface area (Å²) in [5.41, 5.74) is 6.84. The first kappa shape index (κ1) is 14.0. The van der Waals surface area contributed by atoms with Crippen LogP contribution < -0.4 is 5.73 Å². The summed E-state index contributed by atoms with van der Waals surface area (Å²) in [6.45, 7) is 4.41. The Morgan fingerprint density at radius 1 is 1.47 bits per heavy atom.